The summed E-state index contributed by atoms with van der Waals surface area (Å²) in [5.74, 6) is 0.211. The van der Waals surface area contributed by atoms with Gasteiger partial charge in [-0.1, -0.05) is 24.3 Å². The van der Waals surface area contributed by atoms with Crippen LogP contribution < -0.4 is 0 Å². The molecule has 1 aromatic rings. The van der Waals surface area contributed by atoms with Crippen LogP contribution in [-0.4, -0.2) is 18.5 Å². The van der Waals surface area contributed by atoms with Gasteiger partial charge >= 0.3 is 0 Å². The van der Waals surface area contributed by atoms with Crippen LogP contribution in [0.4, 0.5) is 0 Å². The first kappa shape index (κ1) is 11.3. The molecule has 16 heavy (non-hydrogen) atoms. The minimum absolute atomic E-state index is 0.113. The Morgan fingerprint density at radius 3 is 2.25 bits per heavy atom. The minimum atomic E-state index is 0.113. The van der Waals surface area contributed by atoms with Crippen molar-refractivity contribution in [1.29, 1.82) is 0 Å². The molecule has 2 rings (SSSR count). The molecular weight excluding hydrogens is 200 g/mol. The maximum absolute atomic E-state index is 11.0. The van der Waals surface area contributed by atoms with Gasteiger partial charge in [0, 0.05) is 20.0 Å². The third kappa shape index (κ3) is 2.70. The van der Waals surface area contributed by atoms with E-state index in [9.17, 15) is 4.79 Å². The number of carbonyl (C=O) groups excluding carboxylic acids is 1. The number of Topliss-reactive ketones (excluding diaryl/α,β-unsaturated/α-hetero) is 1. The topological polar surface area (TPSA) is 26.3 Å². The first-order valence-corrected chi connectivity index (χ1v) is 5.76. The lowest BCUT2D eigenvalue weighted by Crippen LogP contribution is -2.14. The summed E-state index contributed by atoms with van der Waals surface area (Å²) in [5.41, 5.74) is 2.51. The van der Waals surface area contributed by atoms with Crippen LogP contribution in [0, 0.1) is 0 Å². The van der Waals surface area contributed by atoms with E-state index >= 15 is 0 Å². The van der Waals surface area contributed by atoms with Crippen molar-refractivity contribution in [2.75, 3.05) is 7.11 Å². The molecule has 0 N–H and O–H groups in total. The number of ketones is 1. The molecule has 86 valence electrons. The Hall–Kier alpha value is -1.15. The van der Waals surface area contributed by atoms with E-state index in [0.717, 1.165) is 12.0 Å². The van der Waals surface area contributed by atoms with Crippen molar-refractivity contribution in [3.8, 4) is 0 Å². The van der Waals surface area contributed by atoms with Crippen LogP contribution in [0.2, 0.25) is 0 Å². The maximum atomic E-state index is 11.0. The average molecular weight is 218 g/mol. The van der Waals surface area contributed by atoms with Crippen molar-refractivity contribution < 1.29 is 9.53 Å². The molecule has 1 saturated carbocycles. The molecule has 0 heterocycles. The molecule has 0 unspecified atom stereocenters. The van der Waals surface area contributed by atoms with Gasteiger partial charge in [0.15, 0.2) is 0 Å². The standard InChI is InChI=1S/C14H18O2/c1-11(15)9-12-3-5-13(6-4-12)10-14(16-2)7-8-14/h3-6H,7-10H2,1-2H3. The van der Waals surface area contributed by atoms with Gasteiger partial charge in [-0.2, -0.15) is 0 Å². The first-order chi connectivity index (χ1) is 7.63. The van der Waals surface area contributed by atoms with E-state index in [0.29, 0.717) is 6.42 Å². The number of rotatable bonds is 5. The van der Waals surface area contributed by atoms with E-state index in [1.165, 1.54) is 18.4 Å². The summed E-state index contributed by atoms with van der Waals surface area (Å²) in [6.07, 6.45) is 3.86. The summed E-state index contributed by atoms with van der Waals surface area (Å²) in [6.45, 7) is 1.62. The molecule has 2 nitrogen and oxygen atoms in total. The van der Waals surface area contributed by atoms with E-state index in [-0.39, 0.29) is 11.4 Å². The van der Waals surface area contributed by atoms with Gasteiger partial charge < -0.3 is 4.74 Å². The normalized spacial score (nSPS) is 17.1. The van der Waals surface area contributed by atoms with Crippen molar-refractivity contribution in [1.82, 2.24) is 0 Å². The van der Waals surface area contributed by atoms with Gasteiger partial charge in [0.2, 0.25) is 0 Å². The van der Waals surface area contributed by atoms with Crippen molar-refractivity contribution in [2.24, 2.45) is 0 Å². The van der Waals surface area contributed by atoms with Crippen molar-refractivity contribution in [2.45, 2.75) is 38.2 Å². The second kappa shape index (κ2) is 4.38. The lowest BCUT2D eigenvalue weighted by molar-refractivity contribution is -0.116. The molecule has 0 aromatic heterocycles. The summed E-state index contributed by atoms with van der Waals surface area (Å²) < 4.78 is 5.49. The van der Waals surface area contributed by atoms with Crippen LogP contribution in [0.15, 0.2) is 24.3 Å². The molecule has 1 fully saturated rings. The SMILES string of the molecule is COC1(Cc2ccc(CC(C)=O)cc2)CC1. The highest BCUT2D eigenvalue weighted by molar-refractivity contribution is 5.78. The molecule has 0 bridgehead atoms. The summed E-state index contributed by atoms with van der Waals surface area (Å²) in [6, 6.07) is 8.31. The van der Waals surface area contributed by atoms with Crippen LogP contribution in [0.25, 0.3) is 0 Å². The van der Waals surface area contributed by atoms with E-state index in [2.05, 4.69) is 12.1 Å². The molecule has 0 saturated heterocycles. The largest absolute Gasteiger partial charge is 0.378 e. The van der Waals surface area contributed by atoms with Gasteiger partial charge in [0.25, 0.3) is 0 Å². The third-order valence-corrected chi connectivity index (χ3v) is 3.24. The van der Waals surface area contributed by atoms with Gasteiger partial charge in [-0.3, -0.25) is 4.79 Å². The van der Waals surface area contributed by atoms with Crippen LogP contribution in [0.3, 0.4) is 0 Å². The van der Waals surface area contributed by atoms with Crippen molar-refractivity contribution in [3.63, 3.8) is 0 Å². The monoisotopic (exact) mass is 218 g/mol. The zero-order chi connectivity index (χ0) is 11.6. The van der Waals surface area contributed by atoms with Gasteiger partial charge in [0.05, 0.1) is 5.60 Å². The quantitative estimate of drug-likeness (QED) is 0.759. The zero-order valence-electron chi connectivity index (χ0n) is 9.95. The maximum Gasteiger partial charge on any atom is 0.134 e. The zero-order valence-corrected chi connectivity index (χ0v) is 9.95. The number of ether oxygens (including phenoxy) is 1. The Bertz CT molecular complexity index is 374. The average Bonchev–Trinajstić information content (AvgIpc) is 3.01. The fourth-order valence-corrected chi connectivity index (χ4v) is 2.03. The molecule has 0 aliphatic heterocycles. The summed E-state index contributed by atoms with van der Waals surface area (Å²) >= 11 is 0. The lowest BCUT2D eigenvalue weighted by atomic mass is 10.0. The first-order valence-electron chi connectivity index (χ1n) is 5.76. The molecule has 0 atom stereocenters. The fourth-order valence-electron chi connectivity index (χ4n) is 2.03. The van der Waals surface area contributed by atoms with Crippen LogP contribution in [0.1, 0.15) is 30.9 Å². The Balaban J connectivity index is 1.99. The second-order valence-corrected chi connectivity index (χ2v) is 4.76. The molecule has 1 aromatic carbocycles. The minimum Gasteiger partial charge on any atom is -0.378 e. The van der Waals surface area contributed by atoms with Gasteiger partial charge in [0.1, 0.15) is 5.78 Å². The molecule has 2 heteroatoms. The third-order valence-electron chi connectivity index (χ3n) is 3.24. The molecule has 0 spiro atoms. The molecule has 0 radical (unpaired) electrons. The van der Waals surface area contributed by atoms with Crippen LogP contribution in [-0.2, 0) is 22.4 Å². The van der Waals surface area contributed by atoms with Gasteiger partial charge in [-0.05, 0) is 30.9 Å². The smallest absolute Gasteiger partial charge is 0.134 e. The van der Waals surface area contributed by atoms with Crippen LogP contribution >= 0.6 is 0 Å². The number of benzene rings is 1. The number of methoxy groups -OCH3 is 1. The van der Waals surface area contributed by atoms with E-state index in [1.54, 1.807) is 14.0 Å². The van der Waals surface area contributed by atoms with E-state index in [4.69, 9.17) is 4.74 Å². The predicted molar refractivity (Wildman–Crippen MR) is 63.5 cm³/mol. The number of hydrogen-bond donors (Lipinski definition) is 0. The Morgan fingerprint density at radius 2 is 1.81 bits per heavy atom. The highest BCUT2D eigenvalue weighted by Crippen LogP contribution is 2.41. The number of carbonyl (C=O) groups is 1. The highest BCUT2D eigenvalue weighted by Gasteiger charge is 2.42. The second-order valence-electron chi connectivity index (χ2n) is 4.76. The van der Waals surface area contributed by atoms with Crippen molar-refractivity contribution in [3.05, 3.63) is 35.4 Å². The number of hydrogen-bond acceptors (Lipinski definition) is 2. The Labute approximate surface area is 96.6 Å². The van der Waals surface area contributed by atoms with Crippen molar-refractivity contribution >= 4 is 5.78 Å². The molecule has 1 aliphatic carbocycles. The Morgan fingerprint density at radius 1 is 1.25 bits per heavy atom. The molecule has 0 amide bonds. The fraction of sp³-hybridized carbons (Fsp3) is 0.500. The molecule has 1 aliphatic rings. The molecular formula is C14H18O2. The van der Waals surface area contributed by atoms with Gasteiger partial charge in [-0.15, -0.1) is 0 Å². The predicted octanol–water partition coefficient (Wildman–Crippen LogP) is 2.54. The lowest BCUT2D eigenvalue weighted by Gasteiger charge is -2.13. The summed E-state index contributed by atoms with van der Waals surface area (Å²) in [7, 11) is 1.79. The summed E-state index contributed by atoms with van der Waals surface area (Å²) in [5, 5.41) is 0. The Kier molecular flexibility index (Phi) is 3.10. The van der Waals surface area contributed by atoms with E-state index in [1.807, 2.05) is 12.1 Å². The summed E-state index contributed by atoms with van der Waals surface area (Å²) in [4.78, 5) is 11.0. The van der Waals surface area contributed by atoms with Crippen LogP contribution in [0.5, 0.6) is 0 Å². The van der Waals surface area contributed by atoms with Gasteiger partial charge in [-0.25, -0.2) is 0 Å². The highest BCUT2D eigenvalue weighted by atomic mass is 16.5. The van der Waals surface area contributed by atoms with E-state index < -0.39 is 0 Å².